The molecule has 174 valence electrons. The van der Waals surface area contributed by atoms with Crippen molar-refractivity contribution in [3.8, 4) is 5.75 Å². The largest absolute Gasteiger partial charge is 0.489 e. The summed E-state index contributed by atoms with van der Waals surface area (Å²) >= 11 is 0. The summed E-state index contributed by atoms with van der Waals surface area (Å²) in [4.78, 5) is 0. The van der Waals surface area contributed by atoms with Gasteiger partial charge in [0.2, 0.25) is 0 Å². The highest BCUT2D eigenvalue weighted by Crippen LogP contribution is 2.49. The van der Waals surface area contributed by atoms with Crippen LogP contribution in [0.1, 0.15) is 89.5 Å². The highest BCUT2D eigenvalue weighted by atomic mass is 19.1. The van der Waals surface area contributed by atoms with Gasteiger partial charge in [-0.2, -0.15) is 0 Å². The highest BCUT2D eigenvalue weighted by Gasteiger charge is 2.36. The molecule has 2 saturated carbocycles. The average Bonchev–Trinajstić information content (AvgIpc) is 2.79. The van der Waals surface area contributed by atoms with Gasteiger partial charge in [-0.15, -0.1) is 0 Å². The van der Waals surface area contributed by atoms with Gasteiger partial charge in [0.05, 0.1) is 5.39 Å². The quantitative estimate of drug-likeness (QED) is 0.294. The first-order chi connectivity index (χ1) is 15.6. The molecule has 32 heavy (non-hydrogen) atoms. The summed E-state index contributed by atoms with van der Waals surface area (Å²) in [6.07, 6.45) is 16.4. The monoisotopic (exact) mass is 440 g/mol. The number of allylic oxidation sites excluding steroid dienone is 1. The molecule has 2 aromatic carbocycles. The van der Waals surface area contributed by atoms with Crippen LogP contribution in [0.5, 0.6) is 5.75 Å². The number of rotatable bonds is 8. The fraction of sp³-hybridized carbons (Fsp3) is 0.586. The molecule has 0 N–H and O–H groups in total. The minimum atomic E-state index is -0.529. The molecule has 2 aliphatic rings. The molecule has 1 nitrogen and oxygen atoms in total. The molecule has 0 aromatic heterocycles. The standard InChI is InChI=1S/C29H38F2O/c1-3-5-7-8-20-9-10-22-17-23(12-11-21(22)16-20)26-14-13-24-18-25(32-15-6-4-2)19-27(30)28(24)29(26)31/h4,6,13-14,18-23H,3,5,7-12,15-17H2,1-2H3/b6-4+/t20?,21-,22?,23-/m1/s1. The van der Waals surface area contributed by atoms with Crippen LogP contribution in [-0.2, 0) is 0 Å². The Hall–Kier alpha value is -1.90. The van der Waals surface area contributed by atoms with Gasteiger partial charge in [-0.1, -0.05) is 63.3 Å². The van der Waals surface area contributed by atoms with E-state index in [-0.39, 0.29) is 17.1 Å². The Labute approximate surface area is 192 Å². The number of benzene rings is 2. The minimum absolute atomic E-state index is 0.114. The Bertz CT molecular complexity index is 934. The van der Waals surface area contributed by atoms with E-state index < -0.39 is 5.82 Å². The summed E-state index contributed by atoms with van der Waals surface area (Å²) in [7, 11) is 0. The molecule has 2 unspecified atom stereocenters. The van der Waals surface area contributed by atoms with Crippen LogP contribution in [0.3, 0.4) is 0 Å². The first-order valence-corrected chi connectivity index (χ1v) is 12.8. The Morgan fingerprint density at radius 1 is 1.00 bits per heavy atom. The van der Waals surface area contributed by atoms with Crippen LogP contribution in [0.4, 0.5) is 8.78 Å². The molecule has 0 aliphatic heterocycles. The van der Waals surface area contributed by atoms with Crippen LogP contribution in [-0.4, -0.2) is 6.61 Å². The molecule has 0 saturated heterocycles. The third kappa shape index (κ3) is 5.18. The Morgan fingerprint density at radius 3 is 2.62 bits per heavy atom. The van der Waals surface area contributed by atoms with Gasteiger partial charge in [-0.25, -0.2) is 8.78 Å². The first kappa shape index (κ1) is 23.3. The van der Waals surface area contributed by atoms with Crippen molar-refractivity contribution in [1.82, 2.24) is 0 Å². The number of hydrogen-bond donors (Lipinski definition) is 0. The van der Waals surface area contributed by atoms with Crippen molar-refractivity contribution in [3.05, 3.63) is 53.6 Å². The number of fused-ring (bicyclic) bond motifs is 2. The molecule has 0 spiro atoms. The third-order valence-corrected chi connectivity index (χ3v) is 7.97. The summed E-state index contributed by atoms with van der Waals surface area (Å²) in [5.41, 5.74) is 0.711. The molecule has 0 bridgehead atoms. The van der Waals surface area contributed by atoms with E-state index >= 15 is 4.39 Å². The molecule has 2 aromatic rings. The van der Waals surface area contributed by atoms with Crippen molar-refractivity contribution in [2.75, 3.05) is 6.61 Å². The van der Waals surface area contributed by atoms with E-state index in [2.05, 4.69) is 6.92 Å². The van der Waals surface area contributed by atoms with Crippen LogP contribution < -0.4 is 4.74 Å². The molecule has 0 heterocycles. The van der Waals surface area contributed by atoms with E-state index in [1.807, 2.05) is 31.2 Å². The molecule has 4 rings (SSSR count). The molecule has 3 heteroatoms. The minimum Gasteiger partial charge on any atom is -0.489 e. The summed E-state index contributed by atoms with van der Waals surface area (Å²) in [6.45, 7) is 4.56. The topological polar surface area (TPSA) is 9.23 Å². The Balaban J connectivity index is 1.46. The van der Waals surface area contributed by atoms with Gasteiger partial charge in [0.25, 0.3) is 0 Å². The molecule has 0 amide bonds. The molecule has 2 aliphatic carbocycles. The zero-order chi connectivity index (χ0) is 22.5. The predicted molar refractivity (Wildman–Crippen MR) is 129 cm³/mol. The Morgan fingerprint density at radius 2 is 1.81 bits per heavy atom. The van der Waals surface area contributed by atoms with Crippen molar-refractivity contribution < 1.29 is 13.5 Å². The second kappa shape index (κ2) is 10.8. The first-order valence-electron chi connectivity index (χ1n) is 12.8. The van der Waals surface area contributed by atoms with E-state index in [1.54, 1.807) is 6.07 Å². The lowest BCUT2D eigenvalue weighted by Gasteiger charge is -2.42. The number of hydrogen-bond acceptors (Lipinski definition) is 1. The Kier molecular flexibility index (Phi) is 7.86. The van der Waals surface area contributed by atoms with Gasteiger partial charge < -0.3 is 4.74 Å². The van der Waals surface area contributed by atoms with Crippen LogP contribution in [0, 0.1) is 29.4 Å². The van der Waals surface area contributed by atoms with Crippen molar-refractivity contribution in [2.24, 2.45) is 17.8 Å². The van der Waals surface area contributed by atoms with Crippen LogP contribution >= 0.6 is 0 Å². The van der Waals surface area contributed by atoms with Gasteiger partial charge >= 0.3 is 0 Å². The lowest BCUT2D eigenvalue weighted by molar-refractivity contribution is 0.112. The van der Waals surface area contributed by atoms with E-state index in [9.17, 15) is 4.39 Å². The molecular formula is C29H38F2O. The number of halogens is 2. The maximum atomic E-state index is 15.5. The van der Waals surface area contributed by atoms with E-state index in [0.717, 1.165) is 24.7 Å². The van der Waals surface area contributed by atoms with E-state index in [0.29, 0.717) is 29.2 Å². The SMILES string of the molecule is C/C=C/COc1cc(F)c2c(F)c([C@@H]3CC[C@@H]4CC(CCCCC)CCC4C3)ccc2c1. The molecular weight excluding hydrogens is 402 g/mol. The lowest BCUT2D eigenvalue weighted by Crippen LogP contribution is -2.30. The fourth-order valence-corrected chi connectivity index (χ4v) is 6.22. The normalized spacial score (nSPS) is 25.9. The second-order valence-electron chi connectivity index (χ2n) is 10.1. The van der Waals surface area contributed by atoms with E-state index in [4.69, 9.17) is 4.74 Å². The maximum Gasteiger partial charge on any atom is 0.137 e. The van der Waals surface area contributed by atoms with E-state index in [1.165, 1.54) is 57.4 Å². The predicted octanol–water partition coefficient (Wildman–Crippen LogP) is 8.95. The zero-order valence-corrected chi connectivity index (χ0v) is 19.7. The molecule has 0 radical (unpaired) electrons. The van der Waals surface area contributed by atoms with Crippen molar-refractivity contribution in [3.63, 3.8) is 0 Å². The molecule has 4 atom stereocenters. The lowest BCUT2D eigenvalue weighted by atomic mass is 9.63. The molecule has 2 fully saturated rings. The van der Waals surface area contributed by atoms with Crippen molar-refractivity contribution in [1.29, 1.82) is 0 Å². The number of unbranched alkanes of at least 4 members (excludes halogenated alkanes) is 2. The zero-order valence-electron chi connectivity index (χ0n) is 19.7. The van der Waals surface area contributed by atoms with Crippen molar-refractivity contribution in [2.45, 2.75) is 84.0 Å². The maximum absolute atomic E-state index is 15.5. The van der Waals surface area contributed by atoms with Gasteiger partial charge in [-0.3, -0.25) is 0 Å². The van der Waals surface area contributed by atoms with Gasteiger partial charge in [-0.05, 0) is 79.7 Å². The van der Waals surface area contributed by atoms with Gasteiger partial charge in [0, 0.05) is 6.07 Å². The van der Waals surface area contributed by atoms with Crippen LogP contribution in [0.2, 0.25) is 0 Å². The second-order valence-corrected chi connectivity index (χ2v) is 10.1. The van der Waals surface area contributed by atoms with Gasteiger partial charge in [0.1, 0.15) is 24.0 Å². The van der Waals surface area contributed by atoms with Crippen molar-refractivity contribution >= 4 is 10.8 Å². The van der Waals surface area contributed by atoms with Crippen LogP contribution in [0.25, 0.3) is 10.8 Å². The smallest absolute Gasteiger partial charge is 0.137 e. The highest BCUT2D eigenvalue weighted by molar-refractivity contribution is 5.86. The summed E-state index contributed by atoms with van der Waals surface area (Å²) in [6, 6.07) is 6.82. The fourth-order valence-electron chi connectivity index (χ4n) is 6.22. The van der Waals surface area contributed by atoms with Crippen LogP contribution in [0.15, 0.2) is 36.4 Å². The number of ether oxygens (including phenoxy) is 1. The third-order valence-electron chi connectivity index (χ3n) is 7.97. The van der Waals surface area contributed by atoms with Gasteiger partial charge in [0.15, 0.2) is 0 Å². The summed E-state index contributed by atoms with van der Waals surface area (Å²) in [5, 5.41) is 0.686. The summed E-state index contributed by atoms with van der Waals surface area (Å²) < 4.78 is 36.0. The summed E-state index contributed by atoms with van der Waals surface area (Å²) in [5.74, 6) is 2.17. The average molecular weight is 441 g/mol.